The van der Waals surface area contributed by atoms with Gasteiger partial charge in [-0.25, -0.2) is 4.98 Å². The highest BCUT2D eigenvalue weighted by molar-refractivity contribution is 5.91. The maximum absolute atomic E-state index is 11.7. The van der Waals surface area contributed by atoms with Crippen LogP contribution < -0.4 is 10.6 Å². The maximum atomic E-state index is 11.7. The Bertz CT molecular complexity index is 341. The first kappa shape index (κ1) is 12.4. The fraction of sp³-hybridized carbons (Fsp3) is 0.375. The molecule has 0 aliphatic rings. The minimum absolute atomic E-state index is 0.196. The molecular formula is C8H9F3N4O. The molecule has 1 aromatic rings. The Morgan fingerprint density at radius 3 is 2.69 bits per heavy atom. The van der Waals surface area contributed by atoms with Crippen LogP contribution in [0.4, 0.5) is 19.0 Å². The number of alkyl halides is 3. The summed E-state index contributed by atoms with van der Waals surface area (Å²) >= 11 is 0. The van der Waals surface area contributed by atoms with Gasteiger partial charge in [0.05, 0.1) is 19.3 Å². The smallest absolute Gasteiger partial charge is 0.308 e. The average Bonchev–Trinajstić information content (AvgIpc) is 2.17. The van der Waals surface area contributed by atoms with E-state index in [-0.39, 0.29) is 5.82 Å². The Morgan fingerprint density at radius 2 is 2.12 bits per heavy atom. The number of carbonyl (C=O) groups is 1. The van der Waals surface area contributed by atoms with Crippen molar-refractivity contribution < 1.29 is 18.0 Å². The largest absolute Gasteiger partial charge is 0.401 e. The number of hydrogen-bond donors (Lipinski definition) is 2. The van der Waals surface area contributed by atoms with Crippen molar-refractivity contribution in [1.82, 2.24) is 15.3 Å². The van der Waals surface area contributed by atoms with E-state index in [1.807, 2.05) is 5.32 Å². The molecule has 1 aromatic heterocycles. The lowest BCUT2D eigenvalue weighted by Gasteiger charge is -2.07. The van der Waals surface area contributed by atoms with Crippen LogP contribution in [0.25, 0.3) is 0 Å². The zero-order valence-electron chi connectivity index (χ0n) is 8.08. The van der Waals surface area contributed by atoms with Gasteiger partial charge in [0.1, 0.15) is 0 Å². The van der Waals surface area contributed by atoms with Crippen LogP contribution in [0.15, 0.2) is 18.6 Å². The minimum atomic E-state index is -4.33. The summed E-state index contributed by atoms with van der Waals surface area (Å²) in [5, 5.41) is 4.25. The predicted octanol–water partition coefficient (Wildman–Crippen LogP) is 0.567. The quantitative estimate of drug-likeness (QED) is 0.799. The van der Waals surface area contributed by atoms with Gasteiger partial charge in [0.25, 0.3) is 0 Å². The Morgan fingerprint density at radius 1 is 1.38 bits per heavy atom. The molecule has 0 spiro atoms. The van der Waals surface area contributed by atoms with Crippen molar-refractivity contribution >= 4 is 11.7 Å². The van der Waals surface area contributed by atoms with E-state index in [0.29, 0.717) is 0 Å². The van der Waals surface area contributed by atoms with Gasteiger partial charge in [0.2, 0.25) is 5.91 Å². The topological polar surface area (TPSA) is 66.9 Å². The van der Waals surface area contributed by atoms with E-state index in [1.54, 1.807) is 0 Å². The number of halogens is 3. The maximum Gasteiger partial charge on any atom is 0.401 e. The predicted molar refractivity (Wildman–Crippen MR) is 49.6 cm³/mol. The van der Waals surface area contributed by atoms with E-state index in [4.69, 9.17) is 0 Å². The molecule has 0 fully saturated rings. The Balaban J connectivity index is 2.27. The molecule has 16 heavy (non-hydrogen) atoms. The van der Waals surface area contributed by atoms with Crippen LogP contribution in [-0.2, 0) is 4.79 Å². The fourth-order valence-corrected chi connectivity index (χ4v) is 0.868. The number of nitrogens with zero attached hydrogens (tertiary/aromatic N) is 2. The van der Waals surface area contributed by atoms with Crippen LogP contribution >= 0.6 is 0 Å². The van der Waals surface area contributed by atoms with Crippen molar-refractivity contribution in [2.45, 2.75) is 6.18 Å². The minimum Gasteiger partial charge on any atom is -0.308 e. The van der Waals surface area contributed by atoms with Crippen LogP contribution in [-0.4, -0.2) is 35.1 Å². The van der Waals surface area contributed by atoms with Crippen LogP contribution in [0, 0.1) is 0 Å². The third-order valence-electron chi connectivity index (χ3n) is 1.44. The number of amides is 1. The molecule has 88 valence electrons. The summed E-state index contributed by atoms with van der Waals surface area (Å²) in [5.74, 6) is -0.411. The zero-order valence-corrected chi connectivity index (χ0v) is 8.08. The first-order valence-corrected chi connectivity index (χ1v) is 4.31. The van der Waals surface area contributed by atoms with E-state index in [2.05, 4.69) is 15.3 Å². The van der Waals surface area contributed by atoms with Gasteiger partial charge in [-0.2, -0.15) is 13.2 Å². The number of carbonyl (C=O) groups excluding carboxylic acids is 1. The molecular weight excluding hydrogens is 225 g/mol. The van der Waals surface area contributed by atoms with Gasteiger partial charge >= 0.3 is 6.18 Å². The Labute approximate surface area is 89.1 Å². The Hall–Kier alpha value is -1.70. The van der Waals surface area contributed by atoms with Crippen molar-refractivity contribution in [3.8, 4) is 0 Å². The summed E-state index contributed by atoms with van der Waals surface area (Å²) in [4.78, 5) is 18.5. The molecule has 0 bridgehead atoms. The highest BCUT2D eigenvalue weighted by atomic mass is 19.4. The molecule has 0 saturated carbocycles. The van der Waals surface area contributed by atoms with E-state index >= 15 is 0 Å². The lowest BCUT2D eigenvalue weighted by atomic mass is 10.5. The molecule has 0 aromatic carbocycles. The molecule has 1 rings (SSSR count). The lowest BCUT2D eigenvalue weighted by Crippen LogP contribution is -2.35. The molecule has 5 nitrogen and oxygen atoms in total. The monoisotopic (exact) mass is 234 g/mol. The van der Waals surface area contributed by atoms with Crippen molar-refractivity contribution in [2.24, 2.45) is 0 Å². The molecule has 8 heteroatoms. The van der Waals surface area contributed by atoms with Crippen LogP contribution in [0.1, 0.15) is 0 Å². The highest BCUT2D eigenvalue weighted by Crippen LogP contribution is 2.11. The molecule has 1 amide bonds. The van der Waals surface area contributed by atoms with E-state index in [1.165, 1.54) is 18.6 Å². The second-order valence-corrected chi connectivity index (χ2v) is 2.86. The van der Waals surface area contributed by atoms with Gasteiger partial charge < -0.3 is 10.6 Å². The molecule has 0 saturated heterocycles. The molecule has 2 N–H and O–H groups in total. The average molecular weight is 234 g/mol. The summed E-state index contributed by atoms with van der Waals surface area (Å²) in [6.45, 7) is -1.64. The van der Waals surface area contributed by atoms with E-state index in [9.17, 15) is 18.0 Å². The van der Waals surface area contributed by atoms with Gasteiger partial charge in [-0.05, 0) is 0 Å². The van der Waals surface area contributed by atoms with E-state index < -0.39 is 25.2 Å². The molecule has 1 heterocycles. The van der Waals surface area contributed by atoms with Gasteiger partial charge in [0.15, 0.2) is 5.82 Å². The second-order valence-electron chi connectivity index (χ2n) is 2.86. The number of anilines is 1. The molecule has 0 aliphatic heterocycles. The molecule has 0 atom stereocenters. The third-order valence-corrected chi connectivity index (χ3v) is 1.44. The first-order valence-electron chi connectivity index (χ1n) is 4.31. The first-order chi connectivity index (χ1) is 7.47. The fourth-order valence-electron chi connectivity index (χ4n) is 0.868. The summed E-state index contributed by atoms with van der Waals surface area (Å²) in [7, 11) is 0. The summed E-state index contributed by atoms with van der Waals surface area (Å²) in [5.41, 5.74) is 0. The number of nitrogens with one attached hydrogen (secondary N) is 2. The summed E-state index contributed by atoms with van der Waals surface area (Å²) in [6, 6.07) is 0. The van der Waals surface area contributed by atoms with Crippen molar-refractivity contribution in [3.63, 3.8) is 0 Å². The number of rotatable bonds is 4. The second kappa shape index (κ2) is 5.40. The highest BCUT2D eigenvalue weighted by Gasteiger charge is 2.26. The van der Waals surface area contributed by atoms with Gasteiger partial charge in [-0.3, -0.25) is 9.78 Å². The van der Waals surface area contributed by atoms with E-state index in [0.717, 1.165) is 0 Å². The third kappa shape index (κ3) is 5.25. The lowest BCUT2D eigenvalue weighted by molar-refractivity contribution is -0.126. The van der Waals surface area contributed by atoms with Crippen LogP contribution in [0.3, 0.4) is 0 Å². The summed E-state index contributed by atoms with van der Waals surface area (Å²) < 4.78 is 35.1. The SMILES string of the molecule is O=C(CNCC(F)(F)F)Nc1cnccn1. The molecule has 0 radical (unpaired) electrons. The normalized spacial score (nSPS) is 11.2. The van der Waals surface area contributed by atoms with Crippen LogP contribution in [0.2, 0.25) is 0 Å². The number of aromatic nitrogens is 2. The summed E-state index contributed by atoms with van der Waals surface area (Å²) in [6.07, 6.45) is -0.259. The standard InChI is InChI=1S/C8H9F3N4O/c9-8(10,11)5-13-4-7(16)15-6-3-12-1-2-14-6/h1-3,13H,4-5H2,(H,14,15,16). The zero-order chi connectivity index (χ0) is 12.0. The van der Waals surface area contributed by atoms with Gasteiger partial charge in [-0.15, -0.1) is 0 Å². The Kier molecular flexibility index (Phi) is 4.18. The number of hydrogen-bond acceptors (Lipinski definition) is 4. The van der Waals surface area contributed by atoms with Crippen molar-refractivity contribution in [3.05, 3.63) is 18.6 Å². The van der Waals surface area contributed by atoms with Crippen molar-refractivity contribution in [1.29, 1.82) is 0 Å². The van der Waals surface area contributed by atoms with Gasteiger partial charge in [0, 0.05) is 12.4 Å². The molecule has 0 unspecified atom stereocenters. The van der Waals surface area contributed by atoms with Crippen LogP contribution in [0.5, 0.6) is 0 Å². The van der Waals surface area contributed by atoms with Gasteiger partial charge in [-0.1, -0.05) is 0 Å². The van der Waals surface area contributed by atoms with Crippen molar-refractivity contribution in [2.75, 3.05) is 18.4 Å². The molecule has 0 aliphatic carbocycles.